The number of nitrogens with one attached hydrogen (secondary N) is 2. The second-order valence-corrected chi connectivity index (χ2v) is 6.75. The normalized spacial score (nSPS) is 11.0. The van der Waals surface area contributed by atoms with E-state index in [-0.39, 0.29) is 11.9 Å². The minimum atomic E-state index is -0.114. The fraction of sp³-hybridized carbons (Fsp3) is 0.400. The van der Waals surface area contributed by atoms with E-state index in [1.54, 1.807) is 0 Å². The fourth-order valence-electron chi connectivity index (χ4n) is 2.27. The Morgan fingerprint density at radius 3 is 2.73 bits per heavy atom. The molecular formula is C15H19BrN4OS. The van der Waals surface area contributed by atoms with Gasteiger partial charge in [0.1, 0.15) is 0 Å². The van der Waals surface area contributed by atoms with Gasteiger partial charge in [0, 0.05) is 16.1 Å². The molecule has 0 aliphatic rings. The van der Waals surface area contributed by atoms with Crippen molar-refractivity contribution in [1.82, 2.24) is 20.1 Å². The minimum Gasteiger partial charge on any atom is -0.345 e. The highest BCUT2D eigenvalue weighted by atomic mass is 79.9. The Morgan fingerprint density at radius 1 is 1.41 bits per heavy atom. The van der Waals surface area contributed by atoms with Crippen LogP contribution in [0.1, 0.15) is 47.2 Å². The lowest BCUT2D eigenvalue weighted by atomic mass is 10.1. The summed E-state index contributed by atoms with van der Waals surface area (Å²) in [6, 6.07) is 4.03. The molecule has 0 aliphatic carbocycles. The number of halogens is 1. The number of aromatic amines is 1. The molecule has 1 heterocycles. The molecule has 2 aromatic rings. The van der Waals surface area contributed by atoms with E-state index in [4.69, 9.17) is 12.2 Å². The predicted molar refractivity (Wildman–Crippen MR) is 92.6 cm³/mol. The molecule has 0 saturated heterocycles. The van der Waals surface area contributed by atoms with E-state index in [1.807, 2.05) is 44.4 Å². The van der Waals surface area contributed by atoms with Gasteiger partial charge in [-0.25, -0.2) is 0 Å². The number of hydrogen-bond donors (Lipinski definition) is 2. The summed E-state index contributed by atoms with van der Waals surface area (Å²) in [7, 11) is 0. The summed E-state index contributed by atoms with van der Waals surface area (Å²) in [5.74, 6) is 0.608. The van der Waals surface area contributed by atoms with Crippen molar-refractivity contribution < 1.29 is 4.79 Å². The van der Waals surface area contributed by atoms with Gasteiger partial charge < -0.3 is 9.88 Å². The van der Waals surface area contributed by atoms with E-state index in [2.05, 4.69) is 31.4 Å². The highest BCUT2D eigenvalue weighted by Crippen LogP contribution is 2.21. The summed E-state index contributed by atoms with van der Waals surface area (Å²) in [5.41, 5.74) is 2.63. The second-order valence-electron chi connectivity index (χ2n) is 5.51. The van der Waals surface area contributed by atoms with Crippen LogP contribution < -0.4 is 5.32 Å². The van der Waals surface area contributed by atoms with Crippen LogP contribution in [-0.2, 0) is 6.54 Å². The summed E-state index contributed by atoms with van der Waals surface area (Å²) in [6.45, 7) is 8.27. The van der Waals surface area contributed by atoms with Crippen LogP contribution in [0.4, 0.5) is 0 Å². The van der Waals surface area contributed by atoms with Crippen LogP contribution in [0.25, 0.3) is 0 Å². The number of amides is 1. The molecule has 0 aliphatic heterocycles. The van der Waals surface area contributed by atoms with Crippen molar-refractivity contribution in [3.05, 3.63) is 43.9 Å². The Balaban J connectivity index is 2.18. The third-order valence-electron chi connectivity index (χ3n) is 3.45. The molecule has 0 atom stereocenters. The number of rotatable bonds is 4. The average molecular weight is 383 g/mol. The lowest BCUT2D eigenvalue weighted by Gasteiger charge is -2.12. The third-order valence-corrected chi connectivity index (χ3v) is 4.59. The lowest BCUT2D eigenvalue weighted by molar-refractivity contribution is 0.0948. The van der Waals surface area contributed by atoms with Gasteiger partial charge in [0.05, 0.1) is 6.54 Å². The van der Waals surface area contributed by atoms with Gasteiger partial charge in [-0.1, -0.05) is 15.9 Å². The molecule has 0 radical (unpaired) electrons. The predicted octanol–water partition coefficient (Wildman–Crippen LogP) is 3.83. The van der Waals surface area contributed by atoms with Crippen LogP contribution in [-0.4, -0.2) is 20.7 Å². The Labute approximate surface area is 143 Å². The number of aromatic nitrogens is 3. The number of benzene rings is 1. The number of carbonyl (C=O) groups excluding carboxylic acids is 1. The summed E-state index contributed by atoms with van der Waals surface area (Å²) in [6.07, 6.45) is 0. The number of hydrogen-bond acceptors (Lipinski definition) is 3. The van der Waals surface area contributed by atoms with Crippen molar-refractivity contribution in [2.24, 2.45) is 0 Å². The van der Waals surface area contributed by atoms with E-state index in [9.17, 15) is 4.79 Å². The molecule has 118 valence electrons. The lowest BCUT2D eigenvalue weighted by Crippen LogP contribution is -2.26. The van der Waals surface area contributed by atoms with Gasteiger partial charge in [-0.15, -0.1) is 0 Å². The highest BCUT2D eigenvalue weighted by Gasteiger charge is 2.14. The van der Waals surface area contributed by atoms with Gasteiger partial charge in [-0.05, 0) is 63.2 Å². The zero-order valence-corrected chi connectivity index (χ0v) is 15.4. The molecule has 1 aromatic carbocycles. The van der Waals surface area contributed by atoms with Gasteiger partial charge in [0.15, 0.2) is 10.6 Å². The van der Waals surface area contributed by atoms with Crippen molar-refractivity contribution in [3.8, 4) is 0 Å². The molecular weight excluding hydrogens is 364 g/mol. The molecule has 22 heavy (non-hydrogen) atoms. The first-order chi connectivity index (χ1) is 10.3. The fourth-order valence-corrected chi connectivity index (χ4v) is 3.09. The molecule has 0 bridgehead atoms. The first-order valence-electron chi connectivity index (χ1n) is 7.02. The molecule has 7 heteroatoms. The summed E-state index contributed by atoms with van der Waals surface area (Å²) < 4.78 is 3.46. The second kappa shape index (κ2) is 6.75. The van der Waals surface area contributed by atoms with Gasteiger partial charge in [0.25, 0.3) is 5.91 Å². The minimum absolute atomic E-state index is 0.114. The summed E-state index contributed by atoms with van der Waals surface area (Å²) >= 11 is 8.67. The quantitative estimate of drug-likeness (QED) is 0.789. The smallest absolute Gasteiger partial charge is 0.251 e. The van der Waals surface area contributed by atoms with Gasteiger partial charge in [0.2, 0.25) is 0 Å². The molecule has 2 rings (SSSR count). The van der Waals surface area contributed by atoms with Crippen molar-refractivity contribution in [2.75, 3.05) is 0 Å². The van der Waals surface area contributed by atoms with Crippen LogP contribution in [0, 0.1) is 18.6 Å². The topological polar surface area (TPSA) is 62.7 Å². The van der Waals surface area contributed by atoms with Crippen LogP contribution in [0.15, 0.2) is 16.6 Å². The molecule has 5 nitrogen and oxygen atoms in total. The number of nitrogens with zero attached hydrogens (tertiary/aromatic N) is 2. The Bertz CT molecular complexity index is 763. The third kappa shape index (κ3) is 3.47. The first-order valence-corrected chi connectivity index (χ1v) is 8.22. The van der Waals surface area contributed by atoms with Gasteiger partial charge in [-0.3, -0.25) is 9.89 Å². The van der Waals surface area contributed by atoms with E-state index in [0.29, 0.717) is 16.9 Å². The molecule has 2 N–H and O–H groups in total. The van der Waals surface area contributed by atoms with E-state index in [1.165, 1.54) is 0 Å². The van der Waals surface area contributed by atoms with Crippen molar-refractivity contribution in [3.63, 3.8) is 0 Å². The molecule has 0 saturated carbocycles. The van der Waals surface area contributed by atoms with Crippen molar-refractivity contribution in [2.45, 2.75) is 40.3 Å². The maximum absolute atomic E-state index is 12.4. The van der Waals surface area contributed by atoms with Crippen LogP contribution in [0.2, 0.25) is 0 Å². The largest absolute Gasteiger partial charge is 0.345 e. The molecule has 1 amide bonds. The maximum Gasteiger partial charge on any atom is 0.251 e. The SMILES string of the molecule is Cc1cc(C(=O)NCc2n[nH]c(=S)n2C(C)C)c(C)cc1Br. The molecule has 0 unspecified atom stereocenters. The van der Waals surface area contributed by atoms with Crippen molar-refractivity contribution >= 4 is 34.1 Å². The standard InChI is InChI=1S/C15H19BrN4OS/c1-8(2)20-13(18-19-15(20)22)7-17-14(21)11-5-10(4)12(16)6-9(11)3/h5-6,8H,7H2,1-4H3,(H,17,21)(H,19,22). The first kappa shape index (κ1) is 16.9. The number of carbonyl (C=O) groups is 1. The maximum atomic E-state index is 12.4. The Morgan fingerprint density at radius 2 is 2.09 bits per heavy atom. The van der Waals surface area contributed by atoms with Crippen molar-refractivity contribution in [1.29, 1.82) is 0 Å². The van der Waals surface area contributed by atoms with Gasteiger partial charge in [-0.2, -0.15) is 5.10 Å². The monoisotopic (exact) mass is 382 g/mol. The zero-order valence-electron chi connectivity index (χ0n) is 13.0. The Hall–Kier alpha value is -1.47. The molecule has 0 spiro atoms. The van der Waals surface area contributed by atoms with Crippen LogP contribution in [0.5, 0.6) is 0 Å². The van der Waals surface area contributed by atoms with Crippen LogP contribution >= 0.6 is 28.1 Å². The van der Waals surface area contributed by atoms with E-state index < -0.39 is 0 Å². The van der Waals surface area contributed by atoms with Gasteiger partial charge >= 0.3 is 0 Å². The highest BCUT2D eigenvalue weighted by molar-refractivity contribution is 9.10. The summed E-state index contributed by atoms with van der Waals surface area (Å²) in [4.78, 5) is 12.4. The van der Waals surface area contributed by atoms with E-state index in [0.717, 1.165) is 21.4 Å². The molecule has 0 fully saturated rings. The van der Waals surface area contributed by atoms with Crippen LogP contribution in [0.3, 0.4) is 0 Å². The zero-order chi connectivity index (χ0) is 16.4. The number of H-pyrrole nitrogens is 1. The number of aryl methyl sites for hydroxylation is 2. The molecule has 1 aromatic heterocycles. The average Bonchev–Trinajstić information content (AvgIpc) is 2.81. The summed E-state index contributed by atoms with van der Waals surface area (Å²) in [5, 5.41) is 9.86. The van der Waals surface area contributed by atoms with E-state index >= 15 is 0 Å². The Kier molecular flexibility index (Phi) is 5.18.